The first kappa shape index (κ1) is 19.1. The smallest absolute Gasteiger partial charge is 0.335 e. The van der Waals surface area contributed by atoms with Crippen molar-refractivity contribution in [3.63, 3.8) is 0 Å². The van der Waals surface area contributed by atoms with E-state index in [4.69, 9.17) is 5.11 Å². The zero-order valence-electron chi connectivity index (χ0n) is 14.4. The Labute approximate surface area is 148 Å². The standard InChI is InChI=1S/C18H22N2O4S/c1-13-9-10-15(18(21)22)11-17(13)25(23,24)19-12-16(20(2)3)14-7-5-4-6-8-14/h4-11,16,19H,12H2,1-3H3,(H,21,22). The summed E-state index contributed by atoms with van der Waals surface area (Å²) in [7, 11) is -0.0691. The number of carboxylic acid groups (broad SMARTS) is 1. The lowest BCUT2D eigenvalue weighted by Gasteiger charge is -2.25. The van der Waals surface area contributed by atoms with Crippen molar-refractivity contribution in [3.05, 3.63) is 65.2 Å². The van der Waals surface area contributed by atoms with Crippen LogP contribution in [0.2, 0.25) is 0 Å². The fourth-order valence-corrected chi connectivity index (χ4v) is 3.87. The summed E-state index contributed by atoms with van der Waals surface area (Å²) in [6, 6.07) is 13.5. The predicted octanol–water partition coefficient (Wildman–Crippen LogP) is 2.27. The van der Waals surface area contributed by atoms with E-state index in [0.717, 1.165) is 5.56 Å². The van der Waals surface area contributed by atoms with Gasteiger partial charge in [0.05, 0.1) is 10.5 Å². The first-order chi connectivity index (χ1) is 11.7. The van der Waals surface area contributed by atoms with Crippen LogP contribution in [-0.2, 0) is 10.0 Å². The van der Waals surface area contributed by atoms with Gasteiger partial charge in [0.15, 0.2) is 0 Å². The Morgan fingerprint density at radius 3 is 2.36 bits per heavy atom. The molecule has 1 unspecified atom stereocenters. The van der Waals surface area contributed by atoms with Crippen molar-refractivity contribution < 1.29 is 18.3 Å². The molecule has 0 spiro atoms. The number of likely N-dealkylation sites (N-methyl/N-ethyl adjacent to an activating group) is 1. The Morgan fingerprint density at radius 1 is 1.16 bits per heavy atom. The molecular weight excluding hydrogens is 340 g/mol. The average molecular weight is 362 g/mol. The van der Waals surface area contributed by atoms with Crippen LogP contribution >= 0.6 is 0 Å². The van der Waals surface area contributed by atoms with Gasteiger partial charge in [0.2, 0.25) is 10.0 Å². The minimum Gasteiger partial charge on any atom is -0.478 e. The van der Waals surface area contributed by atoms with Gasteiger partial charge in [-0.25, -0.2) is 17.9 Å². The molecule has 25 heavy (non-hydrogen) atoms. The van der Waals surface area contributed by atoms with E-state index in [0.29, 0.717) is 5.56 Å². The number of carbonyl (C=O) groups is 1. The van der Waals surface area contributed by atoms with Gasteiger partial charge < -0.3 is 10.0 Å². The molecule has 6 nitrogen and oxygen atoms in total. The second-order valence-corrected chi connectivity index (χ2v) is 7.76. The van der Waals surface area contributed by atoms with Crippen LogP contribution in [0.4, 0.5) is 0 Å². The SMILES string of the molecule is Cc1ccc(C(=O)O)cc1S(=O)(=O)NCC(c1ccccc1)N(C)C. The van der Waals surface area contributed by atoms with Gasteiger partial charge in [-0.2, -0.15) is 0 Å². The summed E-state index contributed by atoms with van der Waals surface area (Å²) in [4.78, 5) is 13.0. The zero-order valence-corrected chi connectivity index (χ0v) is 15.2. The number of aryl methyl sites for hydroxylation is 1. The number of nitrogens with one attached hydrogen (secondary N) is 1. The van der Waals surface area contributed by atoms with E-state index in [2.05, 4.69) is 4.72 Å². The molecule has 0 saturated heterocycles. The third kappa shape index (κ3) is 4.66. The van der Waals surface area contributed by atoms with Crippen LogP contribution in [0.3, 0.4) is 0 Å². The second-order valence-electron chi connectivity index (χ2n) is 6.03. The van der Waals surface area contributed by atoms with E-state index < -0.39 is 16.0 Å². The van der Waals surface area contributed by atoms with Crippen LogP contribution in [0, 0.1) is 6.92 Å². The number of hydrogen-bond donors (Lipinski definition) is 2. The third-order valence-corrected chi connectivity index (χ3v) is 5.56. The van der Waals surface area contributed by atoms with Gasteiger partial charge >= 0.3 is 5.97 Å². The number of carboxylic acids is 1. The summed E-state index contributed by atoms with van der Waals surface area (Å²) in [5.74, 6) is -1.16. The molecule has 0 aliphatic heterocycles. The number of rotatable bonds is 7. The molecule has 0 heterocycles. The van der Waals surface area contributed by atoms with E-state index in [9.17, 15) is 13.2 Å². The Bertz CT molecular complexity index is 849. The molecular formula is C18H22N2O4S. The molecule has 0 aliphatic carbocycles. The Morgan fingerprint density at radius 2 is 1.80 bits per heavy atom. The van der Waals surface area contributed by atoms with Gasteiger partial charge in [-0.1, -0.05) is 36.4 Å². The largest absolute Gasteiger partial charge is 0.478 e. The van der Waals surface area contributed by atoms with Crippen LogP contribution in [0.15, 0.2) is 53.4 Å². The summed E-state index contributed by atoms with van der Waals surface area (Å²) in [5, 5.41) is 9.08. The molecule has 0 amide bonds. The molecule has 7 heteroatoms. The van der Waals surface area contributed by atoms with Crippen LogP contribution < -0.4 is 4.72 Å². The van der Waals surface area contributed by atoms with Gasteiger partial charge in [-0.3, -0.25) is 0 Å². The average Bonchev–Trinajstić information content (AvgIpc) is 2.55. The lowest BCUT2D eigenvalue weighted by Crippen LogP contribution is -2.34. The number of benzene rings is 2. The fourth-order valence-electron chi connectivity index (χ4n) is 2.56. The van der Waals surface area contributed by atoms with Crippen molar-refractivity contribution in [1.29, 1.82) is 0 Å². The van der Waals surface area contributed by atoms with E-state index in [1.165, 1.54) is 18.2 Å². The maximum Gasteiger partial charge on any atom is 0.335 e. The van der Waals surface area contributed by atoms with Crippen molar-refractivity contribution in [2.24, 2.45) is 0 Å². The summed E-state index contributed by atoms with van der Waals surface area (Å²) in [6.45, 7) is 1.82. The second kappa shape index (κ2) is 7.77. The lowest BCUT2D eigenvalue weighted by molar-refractivity contribution is 0.0696. The van der Waals surface area contributed by atoms with E-state index >= 15 is 0 Å². The highest BCUT2D eigenvalue weighted by atomic mass is 32.2. The summed E-state index contributed by atoms with van der Waals surface area (Å²) < 4.78 is 27.9. The van der Waals surface area contributed by atoms with Crippen molar-refractivity contribution in [3.8, 4) is 0 Å². The van der Waals surface area contributed by atoms with Gasteiger partial charge in [0.25, 0.3) is 0 Å². The first-order valence-electron chi connectivity index (χ1n) is 7.77. The molecule has 2 rings (SSSR count). The Balaban J connectivity index is 2.26. The molecule has 2 aromatic rings. The topological polar surface area (TPSA) is 86.7 Å². The van der Waals surface area contributed by atoms with Gasteiger partial charge in [0, 0.05) is 12.6 Å². The van der Waals surface area contributed by atoms with Crippen LogP contribution in [0.5, 0.6) is 0 Å². The Kier molecular flexibility index (Phi) is 5.94. The monoisotopic (exact) mass is 362 g/mol. The van der Waals surface area contributed by atoms with Crippen molar-refractivity contribution in [1.82, 2.24) is 9.62 Å². The molecule has 0 aromatic heterocycles. The molecule has 134 valence electrons. The summed E-state index contributed by atoms with van der Waals surface area (Å²) in [6.07, 6.45) is 0. The highest BCUT2D eigenvalue weighted by Gasteiger charge is 2.22. The quantitative estimate of drug-likeness (QED) is 0.789. The minimum absolute atomic E-state index is 0.0158. The molecule has 0 fully saturated rings. The highest BCUT2D eigenvalue weighted by molar-refractivity contribution is 7.89. The van der Waals surface area contributed by atoms with Crippen molar-refractivity contribution in [2.75, 3.05) is 20.6 Å². The van der Waals surface area contributed by atoms with E-state index in [-0.39, 0.29) is 23.0 Å². The summed E-state index contributed by atoms with van der Waals surface area (Å²) in [5.41, 5.74) is 1.43. The Hall–Kier alpha value is -2.22. The zero-order chi connectivity index (χ0) is 18.6. The van der Waals surface area contributed by atoms with Crippen LogP contribution in [0.1, 0.15) is 27.5 Å². The summed E-state index contributed by atoms with van der Waals surface area (Å²) >= 11 is 0. The first-order valence-corrected chi connectivity index (χ1v) is 9.25. The van der Waals surface area contributed by atoms with E-state index in [1.807, 2.05) is 49.3 Å². The van der Waals surface area contributed by atoms with Gasteiger partial charge in [-0.05, 0) is 44.3 Å². The minimum atomic E-state index is -3.82. The van der Waals surface area contributed by atoms with Gasteiger partial charge in [-0.15, -0.1) is 0 Å². The number of sulfonamides is 1. The molecule has 0 radical (unpaired) electrons. The third-order valence-electron chi connectivity index (χ3n) is 4.00. The number of aromatic carboxylic acids is 1. The molecule has 1 atom stereocenters. The number of hydrogen-bond acceptors (Lipinski definition) is 4. The predicted molar refractivity (Wildman–Crippen MR) is 96.2 cm³/mol. The van der Waals surface area contributed by atoms with Crippen LogP contribution in [0.25, 0.3) is 0 Å². The highest BCUT2D eigenvalue weighted by Crippen LogP contribution is 2.20. The molecule has 0 saturated carbocycles. The van der Waals surface area contributed by atoms with Crippen molar-refractivity contribution >= 4 is 16.0 Å². The molecule has 0 aliphatic rings. The maximum absolute atomic E-state index is 12.7. The lowest BCUT2D eigenvalue weighted by atomic mass is 10.1. The van der Waals surface area contributed by atoms with E-state index in [1.54, 1.807) is 6.92 Å². The number of nitrogens with zero attached hydrogens (tertiary/aromatic N) is 1. The van der Waals surface area contributed by atoms with Crippen LogP contribution in [-0.4, -0.2) is 45.0 Å². The fraction of sp³-hybridized carbons (Fsp3) is 0.278. The van der Waals surface area contributed by atoms with Crippen molar-refractivity contribution in [2.45, 2.75) is 17.9 Å². The molecule has 2 aromatic carbocycles. The molecule has 2 N–H and O–H groups in total. The van der Waals surface area contributed by atoms with Gasteiger partial charge in [0.1, 0.15) is 0 Å². The normalized spacial score (nSPS) is 13.0. The molecule has 0 bridgehead atoms. The maximum atomic E-state index is 12.7.